The Hall–Kier alpha value is -3.50. The van der Waals surface area contributed by atoms with E-state index < -0.39 is 6.36 Å². The van der Waals surface area contributed by atoms with Crippen LogP contribution in [-0.4, -0.2) is 53.8 Å². The molecule has 0 bridgehead atoms. The first kappa shape index (κ1) is 24.1. The lowest BCUT2D eigenvalue weighted by atomic mass is 10.1. The predicted molar refractivity (Wildman–Crippen MR) is 114 cm³/mol. The number of likely N-dealkylation sites (tertiary alicyclic amines) is 1. The molecule has 8 nitrogen and oxygen atoms in total. The zero-order chi connectivity index (χ0) is 24.2. The Kier molecular flexibility index (Phi) is 7.29. The smallest absolute Gasteiger partial charge is 0.484 e. The molecule has 1 aromatic heterocycles. The van der Waals surface area contributed by atoms with Crippen molar-refractivity contribution in [2.45, 2.75) is 32.7 Å². The molecule has 2 amide bonds. The molecule has 11 heteroatoms. The summed E-state index contributed by atoms with van der Waals surface area (Å²) in [5, 5.41) is 2.68. The second-order valence-electron chi connectivity index (χ2n) is 7.77. The predicted octanol–water partition coefficient (Wildman–Crippen LogP) is 2.78. The maximum atomic E-state index is 12.7. The normalized spacial score (nSPS) is 18.2. The lowest BCUT2D eigenvalue weighted by Gasteiger charge is -2.19. The Morgan fingerprint density at radius 1 is 1.24 bits per heavy atom. The molecular weight excluding hydrogens is 441 g/mol. The maximum Gasteiger partial charge on any atom is 0.573 e. The molecule has 0 aliphatic carbocycles. The van der Waals surface area contributed by atoms with E-state index >= 15 is 0 Å². The molecule has 1 fully saturated rings. The van der Waals surface area contributed by atoms with Gasteiger partial charge in [0.2, 0.25) is 5.91 Å². The van der Waals surface area contributed by atoms with Crippen LogP contribution in [-0.2, 0) is 11.2 Å². The molecule has 1 aromatic carbocycles. The fourth-order valence-electron chi connectivity index (χ4n) is 3.49. The van der Waals surface area contributed by atoms with E-state index in [0.717, 1.165) is 0 Å². The first-order chi connectivity index (χ1) is 15.6. The van der Waals surface area contributed by atoms with Gasteiger partial charge in [0.1, 0.15) is 11.9 Å². The average Bonchev–Trinajstić information content (AvgIpc) is 3.10. The first-order valence-electron chi connectivity index (χ1n) is 10.4. The molecule has 2 heterocycles. The third-order valence-corrected chi connectivity index (χ3v) is 5.17. The van der Waals surface area contributed by atoms with Crippen LogP contribution in [0.5, 0.6) is 11.5 Å². The molecule has 2 aromatic rings. The summed E-state index contributed by atoms with van der Waals surface area (Å²) in [7, 11) is 0. The number of aromatic nitrogens is 1. The van der Waals surface area contributed by atoms with E-state index in [2.05, 4.69) is 15.0 Å². The minimum absolute atomic E-state index is 0.0102. The van der Waals surface area contributed by atoms with Crippen LogP contribution < -0.4 is 20.5 Å². The number of carbonyl (C=O) groups excluding carboxylic acids is 2. The van der Waals surface area contributed by atoms with Crippen LogP contribution >= 0.6 is 0 Å². The third kappa shape index (κ3) is 6.50. The molecule has 0 saturated carbocycles. The van der Waals surface area contributed by atoms with Crippen molar-refractivity contribution in [3.05, 3.63) is 47.7 Å². The van der Waals surface area contributed by atoms with Crippen LogP contribution in [0.15, 0.2) is 36.5 Å². The zero-order valence-electron chi connectivity index (χ0n) is 18.2. The van der Waals surface area contributed by atoms with E-state index in [1.165, 1.54) is 36.5 Å². The van der Waals surface area contributed by atoms with Crippen LogP contribution in [0, 0.1) is 5.92 Å². The van der Waals surface area contributed by atoms with Crippen molar-refractivity contribution in [3.63, 3.8) is 0 Å². The Labute approximate surface area is 188 Å². The van der Waals surface area contributed by atoms with Crippen LogP contribution in [0.25, 0.3) is 0 Å². The molecule has 2 atom stereocenters. The van der Waals surface area contributed by atoms with Crippen LogP contribution in [0.1, 0.15) is 29.8 Å². The summed E-state index contributed by atoms with van der Waals surface area (Å²) in [5.74, 6) is -0.421. The van der Waals surface area contributed by atoms with Gasteiger partial charge in [-0.15, -0.1) is 13.2 Å². The van der Waals surface area contributed by atoms with Crippen molar-refractivity contribution in [2.24, 2.45) is 5.92 Å². The molecule has 0 radical (unpaired) electrons. The lowest BCUT2D eigenvalue weighted by Crippen LogP contribution is -2.32. The van der Waals surface area contributed by atoms with Crippen molar-refractivity contribution < 1.29 is 32.2 Å². The summed E-state index contributed by atoms with van der Waals surface area (Å²) in [6, 6.07) is 6.71. The van der Waals surface area contributed by atoms with Gasteiger partial charge in [0.15, 0.2) is 11.6 Å². The highest BCUT2D eigenvalue weighted by atomic mass is 19.4. The van der Waals surface area contributed by atoms with Gasteiger partial charge in [-0.05, 0) is 30.7 Å². The third-order valence-electron chi connectivity index (χ3n) is 5.17. The van der Waals surface area contributed by atoms with Crippen molar-refractivity contribution >= 4 is 17.6 Å². The number of nitrogens with one attached hydrogen (secondary N) is 1. The number of nitrogens with two attached hydrogens (primary N) is 1. The van der Waals surface area contributed by atoms with Crippen LogP contribution in [0.2, 0.25) is 0 Å². The number of carbonyl (C=O) groups is 2. The SMILES string of the molecule is CCNC(=O)c1cnc(N)c(OC2CN(C(=O)Cc3ccc(OC(F)(F)F)cc3)CC2C)c1. The Morgan fingerprint density at radius 3 is 2.58 bits per heavy atom. The van der Waals surface area contributed by atoms with E-state index in [1.807, 2.05) is 6.92 Å². The van der Waals surface area contributed by atoms with E-state index in [-0.39, 0.29) is 47.6 Å². The molecule has 2 unspecified atom stereocenters. The number of pyridine rings is 1. The summed E-state index contributed by atoms with van der Waals surface area (Å²) in [5.41, 5.74) is 6.79. The number of ether oxygens (including phenoxy) is 2. The average molecular weight is 466 g/mol. The number of rotatable bonds is 7. The van der Waals surface area contributed by atoms with E-state index in [4.69, 9.17) is 10.5 Å². The second kappa shape index (κ2) is 9.97. The standard InChI is InChI=1S/C22H25F3N4O4/c1-3-27-21(31)15-9-17(20(26)28-10-15)32-18-12-29(11-13(18)2)19(30)8-14-4-6-16(7-5-14)33-22(23,24)25/h4-7,9-10,13,18H,3,8,11-12H2,1-2H3,(H2,26,28)(H,27,31). The van der Waals surface area contributed by atoms with Crippen LogP contribution in [0.3, 0.4) is 0 Å². The molecule has 178 valence electrons. The van der Waals surface area contributed by atoms with Crippen molar-refractivity contribution in [3.8, 4) is 11.5 Å². The van der Waals surface area contributed by atoms with Gasteiger partial charge >= 0.3 is 6.36 Å². The summed E-state index contributed by atoms with van der Waals surface area (Å²) in [6.45, 7) is 4.95. The summed E-state index contributed by atoms with van der Waals surface area (Å²) in [4.78, 5) is 30.4. The number of halogens is 3. The fraction of sp³-hybridized carbons (Fsp3) is 0.409. The Bertz CT molecular complexity index is 998. The van der Waals surface area contributed by atoms with Gasteiger partial charge in [-0.2, -0.15) is 0 Å². The highest BCUT2D eigenvalue weighted by Gasteiger charge is 2.35. The number of alkyl halides is 3. The number of hydrogen-bond donors (Lipinski definition) is 2. The van der Waals surface area contributed by atoms with E-state index in [9.17, 15) is 22.8 Å². The van der Waals surface area contributed by atoms with Crippen molar-refractivity contribution in [1.82, 2.24) is 15.2 Å². The van der Waals surface area contributed by atoms with Gasteiger partial charge in [-0.1, -0.05) is 19.1 Å². The number of hydrogen-bond acceptors (Lipinski definition) is 6. The molecule has 0 spiro atoms. The molecule has 1 saturated heterocycles. The lowest BCUT2D eigenvalue weighted by molar-refractivity contribution is -0.274. The fourth-order valence-corrected chi connectivity index (χ4v) is 3.49. The number of anilines is 1. The van der Waals surface area contributed by atoms with Crippen molar-refractivity contribution in [1.29, 1.82) is 0 Å². The minimum Gasteiger partial charge on any atom is -0.484 e. The van der Waals surface area contributed by atoms with Gasteiger partial charge in [0.05, 0.1) is 18.5 Å². The zero-order valence-corrected chi connectivity index (χ0v) is 18.2. The Morgan fingerprint density at radius 2 is 1.94 bits per heavy atom. The second-order valence-corrected chi connectivity index (χ2v) is 7.77. The summed E-state index contributed by atoms with van der Waals surface area (Å²) >= 11 is 0. The molecule has 3 N–H and O–H groups in total. The molecule has 1 aliphatic rings. The van der Waals surface area contributed by atoms with Crippen LogP contribution in [0.4, 0.5) is 19.0 Å². The first-order valence-corrected chi connectivity index (χ1v) is 10.4. The van der Waals surface area contributed by atoms with Gasteiger partial charge < -0.3 is 25.4 Å². The van der Waals surface area contributed by atoms with Gasteiger partial charge in [0, 0.05) is 25.2 Å². The van der Waals surface area contributed by atoms with Gasteiger partial charge in [0.25, 0.3) is 5.91 Å². The minimum atomic E-state index is -4.77. The van der Waals surface area contributed by atoms with Gasteiger partial charge in [-0.25, -0.2) is 4.98 Å². The van der Waals surface area contributed by atoms with E-state index in [1.54, 1.807) is 11.8 Å². The highest BCUT2D eigenvalue weighted by molar-refractivity contribution is 5.94. The quantitative estimate of drug-likeness (QED) is 0.650. The molecule has 33 heavy (non-hydrogen) atoms. The number of nitrogen functional groups attached to an aromatic ring is 1. The summed E-state index contributed by atoms with van der Waals surface area (Å²) < 4.78 is 46.7. The topological polar surface area (TPSA) is 107 Å². The maximum absolute atomic E-state index is 12.7. The molecule has 1 aliphatic heterocycles. The molecule has 3 rings (SSSR count). The highest BCUT2D eigenvalue weighted by Crippen LogP contribution is 2.28. The summed E-state index contributed by atoms with van der Waals surface area (Å²) in [6.07, 6.45) is -3.73. The Balaban J connectivity index is 1.61. The largest absolute Gasteiger partial charge is 0.573 e. The number of nitrogens with zero attached hydrogens (tertiary/aromatic N) is 2. The number of amides is 2. The van der Waals surface area contributed by atoms with E-state index in [0.29, 0.717) is 30.8 Å². The number of benzene rings is 1. The van der Waals surface area contributed by atoms with Crippen molar-refractivity contribution in [2.75, 3.05) is 25.4 Å². The molecular formula is C22H25F3N4O4. The van der Waals surface area contributed by atoms with Gasteiger partial charge in [-0.3, -0.25) is 9.59 Å². The monoisotopic (exact) mass is 466 g/mol.